The van der Waals surface area contributed by atoms with Crippen molar-refractivity contribution in [3.8, 4) is 0 Å². The van der Waals surface area contributed by atoms with Gasteiger partial charge in [0.05, 0.1) is 12.6 Å². The minimum Gasteiger partial charge on any atom is -0.347 e. The molecule has 0 saturated carbocycles. The second-order valence-corrected chi connectivity index (χ2v) is 6.87. The van der Waals surface area contributed by atoms with Gasteiger partial charge in [0.25, 0.3) is 0 Å². The first-order chi connectivity index (χ1) is 9.56. The summed E-state index contributed by atoms with van der Waals surface area (Å²) in [5, 5.41) is 8.65. The second kappa shape index (κ2) is 7.20. The number of amides is 1. The molecule has 0 radical (unpaired) electrons. The summed E-state index contributed by atoms with van der Waals surface area (Å²) in [7, 11) is 0. The summed E-state index contributed by atoms with van der Waals surface area (Å²) in [4.78, 5) is 15.7. The Morgan fingerprint density at radius 2 is 2.40 bits per heavy atom. The van der Waals surface area contributed by atoms with E-state index in [4.69, 9.17) is 0 Å². The van der Waals surface area contributed by atoms with Gasteiger partial charge >= 0.3 is 0 Å². The van der Waals surface area contributed by atoms with Gasteiger partial charge < -0.3 is 10.6 Å². The van der Waals surface area contributed by atoms with Crippen molar-refractivity contribution in [2.75, 3.05) is 26.2 Å². The molecule has 1 aromatic rings. The molecule has 0 aromatic carbocycles. The van der Waals surface area contributed by atoms with Gasteiger partial charge in [0.2, 0.25) is 5.91 Å². The van der Waals surface area contributed by atoms with E-state index in [0.29, 0.717) is 18.5 Å². The van der Waals surface area contributed by atoms with E-state index in [1.165, 1.54) is 4.88 Å². The largest absolute Gasteiger partial charge is 0.347 e. The number of carbonyl (C=O) groups is 1. The Morgan fingerprint density at radius 3 is 3.00 bits per heavy atom. The lowest BCUT2D eigenvalue weighted by Gasteiger charge is -2.32. The maximum atomic E-state index is 12.3. The highest BCUT2D eigenvalue weighted by Crippen LogP contribution is 2.25. The third-order valence-corrected chi connectivity index (χ3v) is 4.61. The zero-order chi connectivity index (χ0) is 14.5. The average Bonchev–Trinajstić information content (AvgIpc) is 2.89. The number of hydrogen-bond acceptors (Lipinski definition) is 4. The van der Waals surface area contributed by atoms with E-state index in [0.717, 1.165) is 19.6 Å². The molecule has 5 heteroatoms. The van der Waals surface area contributed by atoms with Crippen molar-refractivity contribution in [1.29, 1.82) is 0 Å². The van der Waals surface area contributed by atoms with Crippen LogP contribution in [0.2, 0.25) is 0 Å². The van der Waals surface area contributed by atoms with Crippen LogP contribution in [0.3, 0.4) is 0 Å². The molecule has 2 N–H and O–H groups in total. The van der Waals surface area contributed by atoms with Crippen LogP contribution in [0.25, 0.3) is 0 Å². The molecule has 0 bridgehead atoms. The summed E-state index contributed by atoms with van der Waals surface area (Å²) in [5.41, 5.74) is 0. The minimum atomic E-state index is 0.128. The summed E-state index contributed by atoms with van der Waals surface area (Å²) >= 11 is 1.71. The average molecular weight is 295 g/mol. The summed E-state index contributed by atoms with van der Waals surface area (Å²) in [6.07, 6.45) is 0. The Labute approximate surface area is 125 Å². The lowest BCUT2D eigenvalue weighted by atomic mass is 10.0. The van der Waals surface area contributed by atoms with Crippen molar-refractivity contribution in [2.45, 2.75) is 32.9 Å². The highest BCUT2D eigenvalue weighted by molar-refractivity contribution is 7.10. The molecule has 1 aromatic heterocycles. The monoisotopic (exact) mass is 295 g/mol. The minimum absolute atomic E-state index is 0.128. The van der Waals surface area contributed by atoms with Gasteiger partial charge in [-0.3, -0.25) is 9.69 Å². The predicted octanol–water partition coefficient (Wildman–Crippen LogP) is 1.86. The fraction of sp³-hybridized carbons (Fsp3) is 0.667. The van der Waals surface area contributed by atoms with Gasteiger partial charge in [-0.15, -0.1) is 11.3 Å². The van der Waals surface area contributed by atoms with Crippen molar-refractivity contribution in [1.82, 2.24) is 15.5 Å². The Hall–Kier alpha value is -0.910. The number of thiophene rings is 1. The number of rotatable bonds is 5. The van der Waals surface area contributed by atoms with Gasteiger partial charge in [-0.05, 0) is 24.3 Å². The van der Waals surface area contributed by atoms with Crippen LogP contribution >= 0.6 is 11.3 Å². The van der Waals surface area contributed by atoms with Crippen LogP contribution in [0.1, 0.15) is 31.7 Å². The van der Waals surface area contributed by atoms with Gasteiger partial charge in [-0.2, -0.15) is 0 Å². The lowest BCUT2D eigenvalue weighted by molar-refractivity contribution is -0.123. The van der Waals surface area contributed by atoms with Crippen molar-refractivity contribution in [2.24, 2.45) is 5.92 Å². The maximum Gasteiger partial charge on any atom is 0.234 e. The van der Waals surface area contributed by atoms with Crippen molar-refractivity contribution < 1.29 is 4.79 Å². The Bertz CT molecular complexity index is 419. The second-order valence-electron chi connectivity index (χ2n) is 5.89. The molecular weight excluding hydrogens is 270 g/mol. The summed E-state index contributed by atoms with van der Waals surface area (Å²) in [6.45, 7) is 9.82. The maximum absolute atomic E-state index is 12.3. The Balaban J connectivity index is 1.88. The van der Waals surface area contributed by atoms with Crippen LogP contribution in [0.4, 0.5) is 0 Å². The first-order valence-electron chi connectivity index (χ1n) is 7.34. The third kappa shape index (κ3) is 4.30. The number of hydrogen-bond donors (Lipinski definition) is 2. The molecule has 4 nitrogen and oxygen atoms in total. The lowest BCUT2D eigenvalue weighted by Crippen LogP contribution is -2.52. The van der Waals surface area contributed by atoms with Crippen molar-refractivity contribution >= 4 is 17.2 Å². The summed E-state index contributed by atoms with van der Waals surface area (Å²) < 4.78 is 0. The highest BCUT2D eigenvalue weighted by Gasteiger charge is 2.22. The molecule has 112 valence electrons. The first kappa shape index (κ1) is 15.5. The van der Waals surface area contributed by atoms with Crippen LogP contribution in [0.5, 0.6) is 0 Å². The molecule has 2 unspecified atom stereocenters. The predicted molar refractivity (Wildman–Crippen MR) is 83.9 cm³/mol. The molecule has 1 fully saturated rings. The molecule has 1 saturated heterocycles. The molecule has 2 rings (SSSR count). The molecule has 0 spiro atoms. The summed E-state index contributed by atoms with van der Waals surface area (Å²) in [6, 6.07) is 4.74. The van der Waals surface area contributed by atoms with Gasteiger partial charge in [-0.25, -0.2) is 0 Å². The highest BCUT2D eigenvalue weighted by atomic mass is 32.1. The molecule has 0 aliphatic carbocycles. The van der Waals surface area contributed by atoms with Gasteiger partial charge in [0, 0.05) is 30.6 Å². The van der Waals surface area contributed by atoms with E-state index in [2.05, 4.69) is 47.8 Å². The van der Waals surface area contributed by atoms with Gasteiger partial charge in [0.1, 0.15) is 0 Å². The van der Waals surface area contributed by atoms with E-state index in [1.54, 1.807) is 11.3 Å². The normalized spacial score (nSPS) is 21.9. The van der Waals surface area contributed by atoms with E-state index in [-0.39, 0.29) is 11.9 Å². The third-order valence-electron chi connectivity index (χ3n) is 3.65. The van der Waals surface area contributed by atoms with Crippen LogP contribution in [0.15, 0.2) is 17.5 Å². The molecule has 2 heterocycles. The van der Waals surface area contributed by atoms with Crippen LogP contribution < -0.4 is 10.6 Å². The zero-order valence-corrected chi connectivity index (χ0v) is 13.4. The van der Waals surface area contributed by atoms with Crippen LogP contribution in [-0.4, -0.2) is 43.0 Å². The van der Waals surface area contributed by atoms with E-state index in [1.807, 2.05) is 6.07 Å². The first-order valence-corrected chi connectivity index (χ1v) is 8.22. The number of nitrogens with zero attached hydrogens (tertiary/aromatic N) is 1. The smallest absolute Gasteiger partial charge is 0.234 e. The number of carbonyl (C=O) groups excluding carboxylic acids is 1. The zero-order valence-electron chi connectivity index (χ0n) is 12.6. The standard InChI is InChI=1S/C15H25N3OS/c1-11(2)15(13-5-4-8-20-13)17-14(19)10-18-7-6-16-12(3)9-18/h4-5,8,11-12,15-16H,6-7,9-10H2,1-3H3,(H,17,19). The van der Waals surface area contributed by atoms with Gasteiger partial charge in [0.15, 0.2) is 0 Å². The number of nitrogens with one attached hydrogen (secondary N) is 2. The molecule has 2 atom stereocenters. The van der Waals surface area contributed by atoms with E-state index in [9.17, 15) is 4.79 Å². The SMILES string of the molecule is CC1CN(CC(=O)NC(c2cccs2)C(C)C)CCN1. The van der Waals surface area contributed by atoms with Crippen LogP contribution in [0, 0.1) is 5.92 Å². The topological polar surface area (TPSA) is 44.4 Å². The molecule has 1 amide bonds. The number of piperazine rings is 1. The van der Waals surface area contributed by atoms with E-state index < -0.39 is 0 Å². The van der Waals surface area contributed by atoms with Crippen molar-refractivity contribution in [3.05, 3.63) is 22.4 Å². The molecule has 1 aliphatic rings. The molecular formula is C15H25N3OS. The van der Waals surface area contributed by atoms with Gasteiger partial charge in [-0.1, -0.05) is 19.9 Å². The van der Waals surface area contributed by atoms with E-state index >= 15 is 0 Å². The fourth-order valence-corrected chi connectivity index (χ4v) is 3.56. The molecule has 20 heavy (non-hydrogen) atoms. The molecule has 1 aliphatic heterocycles. The summed E-state index contributed by atoms with van der Waals surface area (Å²) in [5.74, 6) is 0.533. The Kier molecular flexibility index (Phi) is 5.57. The van der Waals surface area contributed by atoms with Crippen molar-refractivity contribution in [3.63, 3.8) is 0 Å². The fourth-order valence-electron chi connectivity index (χ4n) is 2.61. The van der Waals surface area contributed by atoms with Crippen LogP contribution in [-0.2, 0) is 4.79 Å². The Morgan fingerprint density at radius 1 is 1.60 bits per heavy atom. The quantitative estimate of drug-likeness (QED) is 0.871.